The molecule has 0 aliphatic heterocycles. The highest BCUT2D eigenvalue weighted by atomic mass is 32.1. The van der Waals surface area contributed by atoms with Gasteiger partial charge >= 0.3 is 0 Å². The molecule has 0 rings (SSSR count). The smallest absolute Gasteiger partial charge is 0.224 e. The van der Waals surface area contributed by atoms with Crippen molar-refractivity contribution < 1.29 is 9.59 Å². The Morgan fingerprint density at radius 3 is 2.10 bits per heavy atom. The van der Waals surface area contributed by atoms with Crippen molar-refractivity contribution in [2.45, 2.75) is 53.5 Å². The van der Waals surface area contributed by atoms with Crippen LogP contribution in [-0.2, 0) is 9.59 Å². The van der Waals surface area contributed by atoms with Crippen molar-refractivity contribution in [1.82, 2.24) is 10.6 Å². The van der Waals surface area contributed by atoms with Crippen LogP contribution in [0.25, 0.3) is 0 Å². The molecule has 2 amide bonds. The van der Waals surface area contributed by atoms with Crippen LogP contribution in [0.1, 0.15) is 47.5 Å². The minimum atomic E-state index is -0.459. The van der Waals surface area contributed by atoms with Gasteiger partial charge in [-0.2, -0.15) is 0 Å². The third-order valence-electron chi connectivity index (χ3n) is 3.24. The summed E-state index contributed by atoms with van der Waals surface area (Å²) >= 11 is 5.29. The van der Waals surface area contributed by atoms with E-state index < -0.39 is 11.8 Å². The maximum Gasteiger partial charge on any atom is 0.224 e. The van der Waals surface area contributed by atoms with Gasteiger partial charge in [0.1, 0.15) is 0 Å². The molecule has 0 saturated heterocycles. The second kappa shape index (κ2) is 8.32. The molecule has 0 aliphatic carbocycles. The van der Waals surface area contributed by atoms with Crippen LogP contribution in [0.3, 0.4) is 0 Å². The van der Waals surface area contributed by atoms with Gasteiger partial charge in [0.05, 0.1) is 11.0 Å². The summed E-state index contributed by atoms with van der Waals surface area (Å²) in [7, 11) is 1.74. The number of amides is 2. The second-order valence-corrected chi connectivity index (χ2v) is 7.36. The molecule has 122 valence electrons. The Kier molecular flexibility index (Phi) is 7.85. The molecule has 2 atom stereocenters. The lowest BCUT2D eigenvalue weighted by molar-refractivity contribution is -0.130. The van der Waals surface area contributed by atoms with Gasteiger partial charge in [-0.25, -0.2) is 0 Å². The van der Waals surface area contributed by atoms with Crippen LogP contribution in [-0.4, -0.2) is 29.9 Å². The van der Waals surface area contributed by atoms with E-state index in [0.29, 0.717) is 17.3 Å². The maximum absolute atomic E-state index is 12.5. The minimum Gasteiger partial charge on any atom is -0.381 e. The van der Waals surface area contributed by atoms with E-state index in [2.05, 4.69) is 10.6 Å². The molecule has 21 heavy (non-hydrogen) atoms. The zero-order valence-corrected chi connectivity index (χ0v) is 14.8. The Morgan fingerprint density at radius 1 is 1.24 bits per heavy atom. The van der Waals surface area contributed by atoms with Crippen LogP contribution in [0.15, 0.2) is 0 Å². The molecule has 0 saturated carbocycles. The molecular formula is C15H29N3O2S. The van der Waals surface area contributed by atoms with Crippen LogP contribution >= 0.6 is 12.2 Å². The van der Waals surface area contributed by atoms with Crippen molar-refractivity contribution in [3.8, 4) is 0 Å². The van der Waals surface area contributed by atoms with E-state index in [1.54, 1.807) is 7.05 Å². The molecule has 0 heterocycles. The molecule has 0 unspecified atom stereocenters. The van der Waals surface area contributed by atoms with E-state index in [9.17, 15) is 9.59 Å². The summed E-state index contributed by atoms with van der Waals surface area (Å²) in [5.41, 5.74) is 5.03. The summed E-state index contributed by atoms with van der Waals surface area (Å²) in [5.74, 6) is -0.726. The lowest BCUT2D eigenvalue weighted by atomic mass is 9.85. The summed E-state index contributed by atoms with van der Waals surface area (Å²) in [4.78, 5) is 24.2. The van der Waals surface area contributed by atoms with Gasteiger partial charge in [0.15, 0.2) is 0 Å². The number of rotatable bonds is 7. The fraction of sp³-hybridized carbons (Fsp3) is 0.800. The molecule has 0 radical (unpaired) electrons. The molecule has 0 spiro atoms. The molecule has 0 fully saturated rings. The van der Waals surface area contributed by atoms with Crippen LogP contribution in [0.2, 0.25) is 0 Å². The molecule has 0 aliphatic rings. The minimum absolute atomic E-state index is 0.0627. The first-order valence-corrected chi connectivity index (χ1v) is 7.70. The van der Waals surface area contributed by atoms with Crippen LogP contribution in [0.5, 0.6) is 0 Å². The average Bonchev–Trinajstić information content (AvgIpc) is 2.31. The largest absolute Gasteiger partial charge is 0.381 e. The normalized spacial score (nSPS) is 14.4. The van der Waals surface area contributed by atoms with Gasteiger partial charge in [-0.1, -0.05) is 46.8 Å². The van der Waals surface area contributed by atoms with Crippen molar-refractivity contribution in [1.29, 1.82) is 0 Å². The van der Waals surface area contributed by atoms with Gasteiger partial charge < -0.3 is 16.4 Å². The molecule has 0 bridgehead atoms. The fourth-order valence-electron chi connectivity index (χ4n) is 2.17. The summed E-state index contributed by atoms with van der Waals surface area (Å²) < 4.78 is 0. The Hall–Kier alpha value is -1.17. The lowest BCUT2D eigenvalue weighted by Gasteiger charge is -2.33. The Labute approximate surface area is 133 Å². The quantitative estimate of drug-likeness (QED) is 0.623. The van der Waals surface area contributed by atoms with Gasteiger partial charge in [0.2, 0.25) is 11.8 Å². The molecule has 0 aromatic carbocycles. The van der Waals surface area contributed by atoms with E-state index in [4.69, 9.17) is 18.0 Å². The zero-order chi connectivity index (χ0) is 16.8. The van der Waals surface area contributed by atoms with Gasteiger partial charge in [0.25, 0.3) is 0 Å². The van der Waals surface area contributed by atoms with Crippen LogP contribution < -0.4 is 16.4 Å². The van der Waals surface area contributed by atoms with Crippen molar-refractivity contribution in [2.75, 3.05) is 7.05 Å². The number of hydrogen-bond donors (Lipinski definition) is 3. The van der Waals surface area contributed by atoms with Crippen molar-refractivity contribution >= 4 is 29.0 Å². The van der Waals surface area contributed by atoms with Gasteiger partial charge in [-0.15, -0.1) is 0 Å². The highest BCUT2D eigenvalue weighted by molar-refractivity contribution is 7.80. The standard InChI is InChI=1S/C15H29N3O2S/c1-9(2)7-10(8-11(16)19)13(20)18-12(14(21)17-6)15(3,4)5/h9-10,12H,7-8H2,1-6H3,(H2,16,19)(H,17,21)(H,18,20)/t10-,12-/m1/s1. The Balaban J connectivity index is 5.06. The average molecular weight is 315 g/mol. The van der Waals surface area contributed by atoms with Crippen molar-refractivity contribution in [2.24, 2.45) is 23.0 Å². The monoisotopic (exact) mass is 315 g/mol. The summed E-state index contributed by atoms with van der Waals surface area (Å²) in [6.07, 6.45) is 0.686. The van der Waals surface area contributed by atoms with E-state index in [1.807, 2.05) is 34.6 Å². The number of carbonyl (C=O) groups excluding carboxylic acids is 2. The predicted octanol–water partition coefficient (Wildman–Crippen LogP) is 1.60. The van der Waals surface area contributed by atoms with Crippen LogP contribution in [0.4, 0.5) is 0 Å². The summed E-state index contributed by atoms with van der Waals surface area (Å²) in [6, 6.07) is -0.285. The van der Waals surface area contributed by atoms with E-state index in [-0.39, 0.29) is 23.8 Å². The molecule has 0 aromatic heterocycles. The summed E-state index contributed by atoms with van der Waals surface area (Å²) in [5, 5.41) is 5.89. The first-order chi connectivity index (χ1) is 9.48. The van der Waals surface area contributed by atoms with E-state index in [0.717, 1.165) is 0 Å². The van der Waals surface area contributed by atoms with Crippen LogP contribution in [0, 0.1) is 17.3 Å². The van der Waals surface area contributed by atoms with Gasteiger partial charge in [-0.3, -0.25) is 9.59 Å². The predicted molar refractivity (Wildman–Crippen MR) is 89.8 cm³/mol. The van der Waals surface area contributed by atoms with Crippen molar-refractivity contribution in [3.05, 3.63) is 0 Å². The maximum atomic E-state index is 12.5. The molecule has 5 nitrogen and oxygen atoms in total. The second-order valence-electron chi connectivity index (χ2n) is 6.92. The Morgan fingerprint density at radius 2 is 1.76 bits per heavy atom. The summed E-state index contributed by atoms with van der Waals surface area (Å²) in [6.45, 7) is 10.1. The highest BCUT2D eigenvalue weighted by Crippen LogP contribution is 2.22. The third-order valence-corrected chi connectivity index (χ3v) is 3.68. The lowest BCUT2D eigenvalue weighted by Crippen LogP contribution is -2.53. The number of thiocarbonyl (C=S) groups is 1. The van der Waals surface area contributed by atoms with Crippen molar-refractivity contribution in [3.63, 3.8) is 0 Å². The Bertz CT molecular complexity index is 389. The fourth-order valence-corrected chi connectivity index (χ4v) is 2.59. The number of nitrogens with one attached hydrogen (secondary N) is 2. The SMILES string of the molecule is CNC(=S)[C@@H](NC(=O)[C@@H](CC(N)=O)CC(C)C)C(C)(C)C. The first kappa shape index (κ1) is 19.8. The molecule has 6 heteroatoms. The number of likely N-dealkylation sites (N-methyl/N-ethyl adjacent to an activating group) is 1. The number of hydrogen-bond acceptors (Lipinski definition) is 3. The number of nitrogens with two attached hydrogens (primary N) is 1. The van der Waals surface area contributed by atoms with E-state index in [1.165, 1.54) is 0 Å². The third kappa shape index (κ3) is 7.41. The molecule has 4 N–H and O–H groups in total. The topological polar surface area (TPSA) is 84.2 Å². The van der Waals surface area contributed by atoms with Gasteiger partial charge in [0, 0.05) is 19.4 Å². The first-order valence-electron chi connectivity index (χ1n) is 7.29. The molecular weight excluding hydrogens is 286 g/mol. The van der Waals surface area contributed by atoms with Gasteiger partial charge in [-0.05, 0) is 17.8 Å². The number of carbonyl (C=O) groups is 2. The highest BCUT2D eigenvalue weighted by Gasteiger charge is 2.32. The zero-order valence-electron chi connectivity index (χ0n) is 13.9. The number of primary amides is 1. The van der Waals surface area contributed by atoms with E-state index >= 15 is 0 Å². The molecule has 0 aromatic rings.